The average Bonchev–Trinajstić information content (AvgIpc) is 2.72. The zero-order valence-corrected chi connectivity index (χ0v) is 16.6. The van der Waals surface area contributed by atoms with Crippen LogP contribution in [0.15, 0.2) is 60.9 Å². The smallest absolute Gasteiger partial charge is 0.387 e. The molecule has 0 radical (unpaired) electrons. The molecule has 0 fully saturated rings. The van der Waals surface area contributed by atoms with Crippen LogP contribution in [-0.4, -0.2) is 29.1 Å². The van der Waals surface area contributed by atoms with E-state index in [0.29, 0.717) is 11.3 Å². The van der Waals surface area contributed by atoms with E-state index in [1.165, 1.54) is 49.6 Å². The molecule has 0 amide bonds. The van der Waals surface area contributed by atoms with Gasteiger partial charge in [-0.05, 0) is 42.8 Å². The molecule has 10 heteroatoms. The Kier molecular flexibility index (Phi) is 7.14. The molecule has 3 rings (SSSR count). The highest BCUT2D eigenvalue weighted by Gasteiger charge is 2.23. The van der Waals surface area contributed by atoms with Gasteiger partial charge >= 0.3 is 13.2 Å². The Balaban J connectivity index is 2.06. The lowest BCUT2D eigenvalue weighted by atomic mass is 9.98. The standard InChI is InChI=1S/C22H18F4N2O4/c1-12(29)16-6-4-14(9-18(16)30)28-20(13-3-2-8-27-11-13)17-7-5-15(31-21(23)24)10-19(17)32-22(25)26/h2-11,20-22,28,30H,1H3. The summed E-state index contributed by atoms with van der Waals surface area (Å²) in [5, 5.41) is 13.2. The van der Waals surface area contributed by atoms with E-state index in [2.05, 4.69) is 19.8 Å². The maximum absolute atomic E-state index is 13.1. The molecule has 2 N–H and O–H groups in total. The summed E-state index contributed by atoms with van der Waals surface area (Å²) in [7, 11) is 0. The van der Waals surface area contributed by atoms with Crippen molar-refractivity contribution in [2.45, 2.75) is 26.2 Å². The predicted octanol–water partition coefficient (Wildman–Crippen LogP) is 5.39. The van der Waals surface area contributed by atoms with Crippen molar-refractivity contribution in [2.24, 2.45) is 0 Å². The third-order valence-electron chi connectivity index (χ3n) is 4.44. The molecule has 0 saturated carbocycles. The van der Waals surface area contributed by atoms with Gasteiger partial charge in [0.25, 0.3) is 0 Å². The van der Waals surface area contributed by atoms with Crippen molar-refractivity contribution in [3.8, 4) is 17.2 Å². The number of carbonyl (C=O) groups is 1. The molecular weight excluding hydrogens is 432 g/mol. The molecule has 1 aromatic heterocycles. The number of halogens is 4. The van der Waals surface area contributed by atoms with Gasteiger partial charge in [-0.15, -0.1) is 0 Å². The van der Waals surface area contributed by atoms with Crippen molar-refractivity contribution in [3.63, 3.8) is 0 Å². The van der Waals surface area contributed by atoms with Crippen LogP contribution in [0.2, 0.25) is 0 Å². The highest BCUT2D eigenvalue weighted by Crippen LogP contribution is 2.37. The minimum absolute atomic E-state index is 0.115. The molecule has 0 bridgehead atoms. The van der Waals surface area contributed by atoms with Gasteiger partial charge in [0.2, 0.25) is 0 Å². The minimum atomic E-state index is -3.22. The zero-order chi connectivity index (χ0) is 23.3. The van der Waals surface area contributed by atoms with Crippen LogP contribution in [0.1, 0.15) is 34.5 Å². The van der Waals surface area contributed by atoms with Crippen molar-refractivity contribution < 1.29 is 36.9 Å². The number of ketones is 1. The van der Waals surface area contributed by atoms with E-state index in [0.717, 1.165) is 6.07 Å². The first kappa shape index (κ1) is 22.9. The quantitative estimate of drug-likeness (QED) is 0.336. The van der Waals surface area contributed by atoms with Crippen LogP contribution in [0.5, 0.6) is 17.2 Å². The van der Waals surface area contributed by atoms with Crippen molar-refractivity contribution in [1.82, 2.24) is 4.98 Å². The van der Waals surface area contributed by atoms with E-state index in [-0.39, 0.29) is 34.2 Å². The third-order valence-corrected chi connectivity index (χ3v) is 4.44. The number of ether oxygens (including phenoxy) is 2. The number of alkyl halides is 4. The largest absolute Gasteiger partial charge is 0.507 e. The fourth-order valence-corrected chi connectivity index (χ4v) is 3.10. The lowest BCUT2D eigenvalue weighted by Gasteiger charge is -2.24. The maximum Gasteiger partial charge on any atom is 0.387 e. The van der Waals surface area contributed by atoms with E-state index < -0.39 is 19.3 Å². The molecule has 1 heterocycles. The van der Waals surface area contributed by atoms with Crippen LogP contribution in [0.4, 0.5) is 23.2 Å². The van der Waals surface area contributed by atoms with E-state index >= 15 is 0 Å². The Hall–Kier alpha value is -3.82. The van der Waals surface area contributed by atoms with Crippen LogP contribution >= 0.6 is 0 Å². The number of nitrogens with zero attached hydrogens (tertiary/aromatic N) is 1. The number of aromatic nitrogens is 1. The number of nitrogens with one attached hydrogen (secondary N) is 1. The van der Waals surface area contributed by atoms with Crippen LogP contribution in [0, 0.1) is 0 Å². The van der Waals surface area contributed by atoms with Gasteiger partial charge in [0.15, 0.2) is 5.78 Å². The van der Waals surface area contributed by atoms with E-state index in [1.54, 1.807) is 12.1 Å². The van der Waals surface area contributed by atoms with Gasteiger partial charge in [-0.2, -0.15) is 17.6 Å². The monoisotopic (exact) mass is 450 g/mol. The Morgan fingerprint density at radius 1 is 1.03 bits per heavy atom. The number of pyridine rings is 1. The molecule has 3 aromatic rings. The van der Waals surface area contributed by atoms with Crippen molar-refractivity contribution in [1.29, 1.82) is 0 Å². The van der Waals surface area contributed by atoms with Crippen LogP contribution < -0.4 is 14.8 Å². The molecule has 32 heavy (non-hydrogen) atoms. The van der Waals surface area contributed by atoms with Gasteiger partial charge in [0.1, 0.15) is 17.2 Å². The topological polar surface area (TPSA) is 80.7 Å². The number of rotatable bonds is 9. The van der Waals surface area contributed by atoms with E-state index in [4.69, 9.17) is 0 Å². The second-order valence-electron chi connectivity index (χ2n) is 6.61. The number of anilines is 1. The summed E-state index contributed by atoms with van der Waals surface area (Å²) in [6.07, 6.45) is 3.00. The summed E-state index contributed by atoms with van der Waals surface area (Å²) < 4.78 is 60.1. The summed E-state index contributed by atoms with van der Waals surface area (Å²) in [4.78, 5) is 15.6. The predicted molar refractivity (Wildman–Crippen MR) is 108 cm³/mol. The summed E-state index contributed by atoms with van der Waals surface area (Å²) in [6, 6.07) is 10.2. The number of hydrogen-bond donors (Lipinski definition) is 2. The fourth-order valence-electron chi connectivity index (χ4n) is 3.10. The van der Waals surface area contributed by atoms with Gasteiger partial charge in [-0.1, -0.05) is 6.07 Å². The molecule has 0 aliphatic heterocycles. The number of Topliss-reactive ketones (excluding diaryl/α,β-unsaturated/α-hetero) is 1. The Morgan fingerprint density at radius 2 is 1.78 bits per heavy atom. The lowest BCUT2D eigenvalue weighted by molar-refractivity contribution is -0.0547. The van der Waals surface area contributed by atoms with Crippen molar-refractivity contribution in [2.75, 3.05) is 5.32 Å². The van der Waals surface area contributed by atoms with Gasteiger partial charge in [-0.3, -0.25) is 9.78 Å². The Labute approximate surface area is 180 Å². The molecule has 0 spiro atoms. The highest BCUT2D eigenvalue weighted by molar-refractivity contribution is 5.97. The third kappa shape index (κ3) is 5.65. The molecule has 0 saturated heterocycles. The molecular formula is C22H18F4N2O4. The fraction of sp³-hybridized carbons (Fsp3) is 0.182. The molecule has 0 aliphatic rings. The first-order valence-corrected chi connectivity index (χ1v) is 9.28. The molecule has 1 atom stereocenters. The maximum atomic E-state index is 13.1. The van der Waals surface area contributed by atoms with E-state index in [9.17, 15) is 27.5 Å². The summed E-state index contributed by atoms with van der Waals surface area (Å²) in [5.74, 6) is -1.34. The molecule has 0 aliphatic carbocycles. The number of aromatic hydroxyl groups is 1. The van der Waals surface area contributed by atoms with Gasteiger partial charge in [0, 0.05) is 35.8 Å². The second-order valence-corrected chi connectivity index (χ2v) is 6.61. The Bertz CT molecular complexity index is 1080. The lowest BCUT2D eigenvalue weighted by Crippen LogP contribution is -2.16. The summed E-state index contributed by atoms with van der Waals surface area (Å²) in [5.41, 5.74) is 1.18. The number of phenolic OH excluding ortho intramolecular Hbond substituents is 1. The van der Waals surface area contributed by atoms with Gasteiger partial charge in [0.05, 0.1) is 11.6 Å². The van der Waals surface area contributed by atoms with Crippen LogP contribution in [0.3, 0.4) is 0 Å². The first-order chi connectivity index (χ1) is 15.2. The number of hydrogen-bond acceptors (Lipinski definition) is 6. The summed E-state index contributed by atoms with van der Waals surface area (Å²) >= 11 is 0. The van der Waals surface area contributed by atoms with Crippen LogP contribution in [-0.2, 0) is 0 Å². The molecule has 6 nitrogen and oxygen atoms in total. The van der Waals surface area contributed by atoms with Crippen molar-refractivity contribution >= 4 is 11.5 Å². The summed E-state index contributed by atoms with van der Waals surface area (Å²) in [6.45, 7) is -5.06. The van der Waals surface area contributed by atoms with E-state index in [1.807, 2.05) is 0 Å². The van der Waals surface area contributed by atoms with Crippen LogP contribution in [0.25, 0.3) is 0 Å². The number of carbonyl (C=O) groups excluding carboxylic acids is 1. The normalized spacial score (nSPS) is 12.0. The molecule has 1 unspecified atom stereocenters. The molecule has 2 aromatic carbocycles. The SMILES string of the molecule is CC(=O)c1ccc(NC(c2cccnc2)c2ccc(OC(F)F)cc2OC(F)F)cc1O. The number of phenols is 1. The first-order valence-electron chi connectivity index (χ1n) is 9.28. The van der Waals surface area contributed by atoms with Gasteiger partial charge < -0.3 is 19.9 Å². The highest BCUT2D eigenvalue weighted by atomic mass is 19.3. The van der Waals surface area contributed by atoms with Gasteiger partial charge in [-0.25, -0.2) is 0 Å². The second kappa shape index (κ2) is 9.99. The molecule has 168 valence electrons. The Morgan fingerprint density at radius 3 is 2.38 bits per heavy atom. The van der Waals surface area contributed by atoms with Crippen molar-refractivity contribution in [3.05, 3.63) is 77.6 Å². The minimum Gasteiger partial charge on any atom is -0.507 e. The zero-order valence-electron chi connectivity index (χ0n) is 16.6. The average molecular weight is 450 g/mol. The number of benzene rings is 2.